The molecule has 1 aliphatic rings. The van der Waals surface area contributed by atoms with Crippen molar-refractivity contribution < 1.29 is 23.9 Å². The van der Waals surface area contributed by atoms with Crippen LogP contribution >= 0.6 is 23.5 Å². The summed E-state index contributed by atoms with van der Waals surface area (Å²) in [5, 5.41) is -0.336. The highest BCUT2D eigenvalue weighted by molar-refractivity contribution is 8.07. The Morgan fingerprint density at radius 3 is 2.11 bits per heavy atom. The first-order chi connectivity index (χ1) is 9.11. The van der Waals surface area contributed by atoms with Gasteiger partial charge in [0.2, 0.25) is 5.92 Å². The van der Waals surface area contributed by atoms with Gasteiger partial charge in [0.25, 0.3) is 0 Å². The second-order valence-corrected chi connectivity index (χ2v) is 6.23. The van der Waals surface area contributed by atoms with Gasteiger partial charge < -0.3 is 9.47 Å². The van der Waals surface area contributed by atoms with Gasteiger partial charge in [-0.05, 0) is 13.8 Å². The number of ether oxygens (including phenoxy) is 2. The Labute approximate surface area is 121 Å². The zero-order chi connectivity index (χ0) is 14.3. The molecule has 0 radical (unpaired) electrons. The maximum atomic E-state index is 12.3. The number of esters is 2. The van der Waals surface area contributed by atoms with E-state index in [9.17, 15) is 14.4 Å². The lowest BCUT2D eigenvalue weighted by Crippen LogP contribution is -2.41. The second-order valence-electron chi connectivity index (χ2n) is 3.77. The van der Waals surface area contributed by atoms with Crippen molar-refractivity contribution >= 4 is 41.2 Å². The molecule has 0 bridgehead atoms. The number of Topliss-reactive ketones (excluding diaryl/α,β-unsaturated/α-hetero) is 1. The summed E-state index contributed by atoms with van der Waals surface area (Å²) < 4.78 is 9.61. The molecular weight excluding hydrogens is 288 g/mol. The van der Waals surface area contributed by atoms with Crippen molar-refractivity contribution in [1.29, 1.82) is 0 Å². The fourth-order valence-corrected chi connectivity index (χ4v) is 4.28. The van der Waals surface area contributed by atoms with Gasteiger partial charge in [-0.2, -0.15) is 11.8 Å². The average molecular weight is 306 g/mol. The van der Waals surface area contributed by atoms with Gasteiger partial charge in [-0.15, -0.1) is 11.8 Å². The normalized spacial score (nSPS) is 19.0. The van der Waals surface area contributed by atoms with E-state index >= 15 is 0 Å². The van der Waals surface area contributed by atoms with Crippen LogP contribution in [-0.2, 0) is 23.9 Å². The van der Waals surface area contributed by atoms with Gasteiger partial charge in [0.05, 0.1) is 18.5 Å². The minimum atomic E-state index is -1.43. The maximum Gasteiger partial charge on any atom is 0.328 e. The number of carbonyl (C=O) groups excluding carboxylic acids is 3. The molecule has 0 aromatic heterocycles. The molecule has 5 nitrogen and oxygen atoms in total. The van der Waals surface area contributed by atoms with Gasteiger partial charge in [-0.1, -0.05) is 0 Å². The number of carbonyl (C=O) groups is 3. The molecule has 0 aromatic carbocycles. The first-order valence-corrected chi connectivity index (χ1v) is 8.38. The van der Waals surface area contributed by atoms with Gasteiger partial charge in [-0.25, -0.2) is 0 Å². The van der Waals surface area contributed by atoms with E-state index in [-0.39, 0.29) is 18.5 Å². The third-order valence-electron chi connectivity index (χ3n) is 2.46. The minimum Gasteiger partial charge on any atom is -0.465 e. The summed E-state index contributed by atoms with van der Waals surface area (Å²) in [6.07, 6.45) is 0. The van der Waals surface area contributed by atoms with Crippen LogP contribution in [0.15, 0.2) is 0 Å². The van der Waals surface area contributed by atoms with E-state index in [1.54, 1.807) is 25.6 Å². The predicted octanol–water partition coefficient (Wildman–Crippen LogP) is 1.15. The van der Waals surface area contributed by atoms with E-state index in [1.807, 2.05) is 0 Å². The van der Waals surface area contributed by atoms with Crippen LogP contribution in [0.25, 0.3) is 0 Å². The van der Waals surface area contributed by atoms with E-state index < -0.39 is 23.6 Å². The van der Waals surface area contributed by atoms with E-state index in [4.69, 9.17) is 9.47 Å². The fourth-order valence-electron chi connectivity index (χ4n) is 1.62. The summed E-state index contributed by atoms with van der Waals surface area (Å²) in [6.45, 7) is 3.54. The highest BCUT2D eigenvalue weighted by atomic mass is 32.2. The highest BCUT2D eigenvalue weighted by Crippen LogP contribution is 2.27. The zero-order valence-corrected chi connectivity index (χ0v) is 12.7. The van der Waals surface area contributed by atoms with Crippen molar-refractivity contribution in [2.45, 2.75) is 19.1 Å². The molecule has 0 aliphatic carbocycles. The Hall–Kier alpha value is -0.690. The Balaban J connectivity index is 2.78. The summed E-state index contributed by atoms with van der Waals surface area (Å²) in [5.74, 6) is -0.981. The predicted molar refractivity (Wildman–Crippen MR) is 75.3 cm³/mol. The monoisotopic (exact) mass is 306 g/mol. The van der Waals surface area contributed by atoms with Crippen LogP contribution in [0.5, 0.6) is 0 Å². The quantitative estimate of drug-likeness (QED) is 0.538. The van der Waals surface area contributed by atoms with Crippen LogP contribution in [0, 0.1) is 5.92 Å². The SMILES string of the molecule is CCOC(=O)C(C(=O)OCC)C(=O)C1CSCCS1. The topological polar surface area (TPSA) is 69.7 Å². The lowest BCUT2D eigenvalue weighted by Gasteiger charge is -2.22. The van der Waals surface area contributed by atoms with Crippen LogP contribution in [0.3, 0.4) is 0 Å². The number of thioether (sulfide) groups is 2. The van der Waals surface area contributed by atoms with Crippen LogP contribution in [0.4, 0.5) is 0 Å². The summed E-state index contributed by atoms with van der Waals surface area (Å²) in [6, 6.07) is 0. The van der Waals surface area contributed by atoms with Crippen molar-refractivity contribution in [3.8, 4) is 0 Å². The van der Waals surface area contributed by atoms with E-state index in [0.717, 1.165) is 11.5 Å². The summed E-state index contributed by atoms with van der Waals surface area (Å²) >= 11 is 3.14. The summed E-state index contributed by atoms with van der Waals surface area (Å²) in [5.41, 5.74) is 0. The van der Waals surface area contributed by atoms with Gasteiger partial charge in [0.1, 0.15) is 0 Å². The Morgan fingerprint density at radius 2 is 1.68 bits per heavy atom. The number of hydrogen-bond donors (Lipinski definition) is 0. The number of ketones is 1. The van der Waals surface area contributed by atoms with Crippen molar-refractivity contribution in [1.82, 2.24) is 0 Å². The zero-order valence-electron chi connectivity index (χ0n) is 11.0. The smallest absolute Gasteiger partial charge is 0.328 e. The molecule has 0 amide bonds. The molecule has 0 N–H and O–H groups in total. The molecule has 0 spiro atoms. The number of hydrogen-bond acceptors (Lipinski definition) is 7. The lowest BCUT2D eigenvalue weighted by atomic mass is 10.0. The standard InChI is InChI=1S/C12H18O5S2/c1-3-16-11(14)9(12(15)17-4-2)10(13)8-7-18-5-6-19-8/h8-9H,3-7H2,1-2H3. The molecule has 1 heterocycles. The molecule has 1 aliphatic heterocycles. The molecule has 0 saturated carbocycles. The third-order valence-corrected chi connectivity index (χ3v) is 5.23. The summed E-state index contributed by atoms with van der Waals surface area (Å²) in [4.78, 5) is 35.9. The van der Waals surface area contributed by atoms with E-state index in [2.05, 4.69) is 0 Å². The molecule has 108 valence electrons. The van der Waals surface area contributed by atoms with Crippen LogP contribution < -0.4 is 0 Å². The van der Waals surface area contributed by atoms with Crippen molar-refractivity contribution in [2.75, 3.05) is 30.5 Å². The van der Waals surface area contributed by atoms with Gasteiger partial charge in [0.15, 0.2) is 5.78 Å². The Morgan fingerprint density at radius 1 is 1.11 bits per heavy atom. The first-order valence-electron chi connectivity index (χ1n) is 6.18. The maximum absolute atomic E-state index is 12.3. The molecule has 0 aromatic rings. The Kier molecular flexibility index (Phi) is 7.30. The third kappa shape index (κ3) is 4.72. The molecule has 19 heavy (non-hydrogen) atoms. The van der Waals surface area contributed by atoms with Gasteiger partial charge >= 0.3 is 11.9 Å². The van der Waals surface area contributed by atoms with E-state index in [1.165, 1.54) is 11.8 Å². The van der Waals surface area contributed by atoms with Crippen molar-refractivity contribution in [3.05, 3.63) is 0 Å². The number of rotatable bonds is 6. The largest absolute Gasteiger partial charge is 0.465 e. The van der Waals surface area contributed by atoms with Crippen molar-refractivity contribution in [2.24, 2.45) is 5.92 Å². The van der Waals surface area contributed by atoms with Gasteiger partial charge in [0, 0.05) is 17.3 Å². The molecular formula is C12H18O5S2. The first kappa shape index (κ1) is 16.4. The minimum absolute atomic E-state index is 0.134. The molecule has 1 atom stereocenters. The second kappa shape index (κ2) is 8.47. The Bertz CT molecular complexity index is 321. The molecule has 1 unspecified atom stereocenters. The van der Waals surface area contributed by atoms with Crippen LogP contribution in [0.2, 0.25) is 0 Å². The van der Waals surface area contributed by atoms with Gasteiger partial charge in [-0.3, -0.25) is 14.4 Å². The molecule has 1 saturated heterocycles. The van der Waals surface area contributed by atoms with Crippen molar-refractivity contribution in [3.63, 3.8) is 0 Å². The van der Waals surface area contributed by atoms with Crippen LogP contribution in [-0.4, -0.2) is 53.4 Å². The summed E-state index contributed by atoms with van der Waals surface area (Å²) in [7, 11) is 0. The lowest BCUT2D eigenvalue weighted by molar-refractivity contribution is -0.163. The molecule has 1 fully saturated rings. The molecule has 7 heteroatoms. The highest BCUT2D eigenvalue weighted by Gasteiger charge is 2.41. The molecule has 1 rings (SSSR count). The fraction of sp³-hybridized carbons (Fsp3) is 0.750. The van der Waals surface area contributed by atoms with E-state index in [0.29, 0.717) is 5.75 Å². The van der Waals surface area contributed by atoms with Crippen LogP contribution in [0.1, 0.15) is 13.8 Å². The average Bonchev–Trinajstić information content (AvgIpc) is 2.40.